The van der Waals surface area contributed by atoms with Gasteiger partial charge in [0, 0.05) is 12.1 Å². The van der Waals surface area contributed by atoms with Crippen molar-refractivity contribution >= 4 is 16.0 Å². The van der Waals surface area contributed by atoms with Crippen LogP contribution in [0.5, 0.6) is 0 Å². The maximum absolute atomic E-state index is 11.3. The van der Waals surface area contributed by atoms with E-state index in [9.17, 15) is 13.2 Å². The Morgan fingerprint density at radius 2 is 2.07 bits per heavy atom. The van der Waals surface area contributed by atoms with Gasteiger partial charge in [-0.3, -0.25) is 4.79 Å². The third kappa shape index (κ3) is 4.15. The number of carboxylic acid groups (broad SMARTS) is 1. The molecule has 88 valence electrons. The summed E-state index contributed by atoms with van der Waals surface area (Å²) in [5, 5.41) is 8.35. The highest BCUT2D eigenvalue weighted by atomic mass is 32.2. The molecule has 1 saturated carbocycles. The predicted molar refractivity (Wildman–Crippen MR) is 54.8 cm³/mol. The average Bonchev–Trinajstić information content (AvgIpc) is 2.09. The lowest BCUT2D eigenvalue weighted by Crippen LogP contribution is -2.55. The molecule has 1 aliphatic carbocycles. The van der Waals surface area contributed by atoms with Gasteiger partial charge in [0.1, 0.15) is 0 Å². The van der Waals surface area contributed by atoms with E-state index in [1.807, 2.05) is 0 Å². The molecule has 1 rings (SSSR count). The van der Waals surface area contributed by atoms with Crippen LogP contribution in [0, 0.1) is 0 Å². The molecule has 6 nitrogen and oxygen atoms in total. The average molecular weight is 236 g/mol. The van der Waals surface area contributed by atoms with E-state index in [0.717, 1.165) is 19.3 Å². The van der Waals surface area contributed by atoms with E-state index >= 15 is 0 Å². The van der Waals surface area contributed by atoms with Gasteiger partial charge in [-0.15, -0.1) is 0 Å². The highest BCUT2D eigenvalue weighted by Gasteiger charge is 2.33. The molecule has 0 aliphatic heterocycles. The Hall–Kier alpha value is -0.660. The van der Waals surface area contributed by atoms with E-state index in [1.54, 1.807) is 0 Å². The summed E-state index contributed by atoms with van der Waals surface area (Å²) in [6.45, 7) is 0.203. The highest BCUT2D eigenvalue weighted by molar-refractivity contribution is 7.89. The lowest BCUT2D eigenvalue weighted by Gasteiger charge is -2.37. The molecule has 0 unspecified atom stereocenters. The first-order chi connectivity index (χ1) is 6.83. The van der Waals surface area contributed by atoms with Crippen LogP contribution in [0.4, 0.5) is 0 Å². The molecule has 0 aromatic carbocycles. The molecule has 0 spiro atoms. The predicted octanol–water partition coefficient (Wildman–Crippen LogP) is -0.738. The number of nitrogens with one attached hydrogen (secondary N) is 1. The largest absolute Gasteiger partial charge is 0.481 e. The van der Waals surface area contributed by atoms with Crippen molar-refractivity contribution in [3.8, 4) is 0 Å². The van der Waals surface area contributed by atoms with Crippen LogP contribution in [-0.2, 0) is 14.8 Å². The summed E-state index contributed by atoms with van der Waals surface area (Å²) in [5.41, 5.74) is 5.40. The summed E-state index contributed by atoms with van der Waals surface area (Å²) in [6.07, 6.45) is 2.27. The molecule has 7 heteroatoms. The first-order valence-electron chi connectivity index (χ1n) is 4.81. The van der Waals surface area contributed by atoms with Crippen molar-refractivity contribution in [1.82, 2.24) is 4.72 Å². The molecule has 0 radical (unpaired) electrons. The van der Waals surface area contributed by atoms with Crippen molar-refractivity contribution in [2.75, 3.05) is 12.3 Å². The Bertz CT molecular complexity index is 335. The summed E-state index contributed by atoms with van der Waals surface area (Å²) in [5.74, 6) is -1.51. The van der Waals surface area contributed by atoms with Gasteiger partial charge >= 0.3 is 5.97 Å². The van der Waals surface area contributed by atoms with Crippen LogP contribution in [0.2, 0.25) is 0 Å². The summed E-state index contributed by atoms with van der Waals surface area (Å²) in [7, 11) is -3.50. The number of hydrogen-bond acceptors (Lipinski definition) is 4. The van der Waals surface area contributed by atoms with Crippen LogP contribution in [0.15, 0.2) is 0 Å². The molecule has 15 heavy (non-hydrogen) atoms. The van der Waals surface area contributed by atoms with Crippen LogP contribution in [0.1, 0.15) is 25.7 Å². The minimum Gasteiger partial charge on any atom is -0.481 e. The number of hydrogen-bond donors (Lipinski definition) is 3. The van der Waals surface area contributed by atoms with E-state index in [1.165, 1.54) is 0 Å². The second-order valence-corrected chi connectivity index (χ2v) is 5.93. The van der Waals surface area contributed by atoms with Crippen molar-refractivity contribution < 1.29 is 18.3 Å². The molecule has 0 heterocycles. The zero-order valence-electron chi connectivity index (χ0n) is 8.40. The normalized spacial score (nSPS) is 19.5. The quantitative estimate of drug-likeness (QED) is 0.563. The lowest BCUT2D eigenvalue weighted by atomic mass is 9.78. The van der Waals surface area contributed by atoms with E-state index in [4.69, 9.17) is 10.8 Å². The van der Waals surface area contributed by atoms with E-state index < -0.39 is 27.3 Å². The highest BCUT2D eigenvalue weighted by Crippen LogP contribution is 2.28. The van der Waals surface area contributed by atoms with E-state index in [0.29, 0.717) is 0 Å². The SMILES string of the molecule is NC1(CNS(=O)(=O)CCC(=O)O)CCC1. The van der Waals surface area contributed by atoms with Crippen LogP contribution >= 0.6 is 0 Å². The van der Waals surface area contributed by atoms with Crippen molar-refractivity contribution in [3.05, 3.63) is 0 Å². The van der Waals surface area contributed by atoms with Crippen LogP contribution in [0.3, 0.4) is 0 Å². The Morgan fingerprint density at radius 1 is 1.47 bits per heavy atom. The summed E-state index contributed by atoms with van der Waals surface area (Å²) < 4.78 is 24.9. The number of rotatable bonds is 6. The third-order valence-electron chi connectivity index (χ3n) is 2.58. The number of carboxylic acids is 1. The van der Waals surface area contributed by atoms with Crippen LogP contribution in [-0.4, -0.2) is 37.3 Å². The maximum Gasteiger partial charge on any atom is 0.304 e. The molecule has 4 N–H and O–H groups in total. The standard InChI is InChI=1S/C8H16N2O4S/c9-8(3-1-4-8)6-10-15(13,14)5-2-7(11)12/h10H,1-6,9H2,(H,11,12). The molecular formula is C8H16N2O4S. The molecule has 0 aromatic heterocycles. The molecular weight excluding hydrogens is 220 g/mol. The Balaban J connectivity index is 2.33. The van der Waals surface area contributed by atoms with E-state index in [2.05, 4.69) is 4.72 Å². The minimum atomic E-state index is -3.50. The van der Waals surface area contributed by atoms with Gasteiger partial charge < -0.3 is 10.8 Å². The van der Waals surface area contributed by atoms with Gasteiger partial charge in [-0.05, 0) is 19.3 Å². The van der Waals surface area contributed by atoms with Gasteiger partial charge in [0.05, 0.1) is 12.2 Å². The third-order valence-corrected chi connectivity index (χ3v) is 3.90. The van der Waals surface area contributed by atoms with Crippen molar-refractivity contribution in [2.24, 2.45) is 5.73 Å². The fraction of sp³-hybridized carbons (Fsp3) is 0.875. The second kappa shape index (κ2) is 4.46. The number of carbonyl (C=O) groups is 1. The lowest BCUT2D eigenvalue weighted by molar-refractivity contribution is -0.136. The minimum absolute atomic E-state index is 0.203. The van der Waals surface area contributed by atoms with Crippen molar-refractivity contribution in [3.63, 3.8) is 0 Å². The van der Waals surface area contributed by atoms with Gasteiger partial charge in [0.15, 0.2) is 0 Å². The number of sulfonamides is 1. The first-order valence-corrected chi connectivity index (χ1v) is 6.46. The first kappa shape index (κ1) is 12.4. The zero-order chi connectivity index (χ0) is 11.5. The Kier molecular flexibility index (Phi) is 3.69. The Morgan fingerprint density at radius 3 is 2.47 bits per heavy atom. The van der Waals surface area contributed by atoms with Crippen molar-refractivity contribution in [2.45, 2.75) is 31.2 Å². The van der Waals surface area contributed by atoms with Gasteiger partial charge in [-0.1, -0.05) is 0 Å². The summed E-state index contributed by atoms with van der Waals surface area (Å²) in [4.78, 5) is 10.2. The molecule has 0 saturated heterocycles. The molecule has 0 aromatic rings. The molecule has 1 aliphatic rings. The van der Waals surface area contributed by atoms with Gasteiger partial charge in [0.25, 0.3) is 0 Å². The molecule has 0 bridgehead atoms. The van der Waals surface area contributed by atoms with Gasteiger partial charge in [-0.2, -0.15) is 0 Å². The number of nitrogens with two attached hydrogens (primary N) is 1. The fourth-order valence-corrected chi connectivity index (χ4v) is 2.45. The number of aliphatic carboxylic acids is 1. The van der Waals surface area contributed by atoms with Crippen molar-refractivity contribution in [1.29, 1.82) is 0 Å². The van der Waals surface area contributed by atoms with Crippen LogP contribution in [0.25, 0.3) is 0 Å². The van der Waals surface area contributed by atoms with E-state index in [-0.39, 0.29) is 13.0 Å². The Labute approximate surface area is 88.9 Å². The smallest absolute Gasteiger partial charge is 0.304 e. The molecule has 1 fully saturated rings. The fourth-order valence-electron chi connectivity index (χ4n) is 1.36. The van der Waals surface area contributed by atoms with Gasteiger partial charge in [-0.25, -0.2) is 13.1 Å². The molecule has 0 amide bonds. The molecule has 0 atom stereocenters. The second-order valence-electron chi connectivity index (χ2n) is 4.00. The topological polar surface area (TPSA) is 109 Å². The summed E-state index contributed by atoms with van der Waals surface area (Å²) >= 11 is 0. The van der Waals surface area contributed by atoms with Crippen LogP contribution < -0.4 is 10.5 Å². The summed E-state index contributed by atoms with van der Waals surface area (Å²) in [6, 6.07) is 0. The maximum atomic E-state index is 11.3. The van der Waals surface area contributed by atoms with Gasteiger partial charge in [0.2, 0.25) is 10.0 Å². The monoisotopic (exact) mass is 236 g/mol. The zero-order valence-corrected chi connectivity index (χ0v) is 9.22.